The van der Waals surface area contributed by atoms with Crippen molar-refractivity contribution in [1.29, 1.82) is 5.26 Å². The van der Waals surface area contributed by atoms with Crippen molar-refractivity contribution >= 4 is 0 Å². The van der Waals surface area contributed by atoms with Gasteiger partial charge in [-0.15, -0.1) is 0 Å². The van der Waals surface area contributed by atoms with Gasteiger partial charge in [0.1, 0.15) is 0 Å². The van der Waals surface area contributed by atoms with E-state index in [1.54, 1.807) is 0 Å². The SMILES string of the molecule is CCCCCCc1ccc(CCc2ccc(-c3ccc(C#N)cc3)cc2)cc1. The average Bonchev–Trinajstić information content (AvgIpc) is 2.76. The lowest BCUT2D eigenvalue weighted by Gasteiger charge is -2.07. The summed E-state index contributed by atoms with van der Waals surface area (Å²) >= 11 is 0. The predicted molar refractivity (Wildman–Crippen MR) is 118 cm³/mol. The molecule has 1 nitrogen and oxygen atoms in total. The number of unbranched alkanes of at least 4 members (excludes halogenated alkanes) is 3. The summed E-state index contributed by atoms with van der Waals surface area (Å²) in [6, 6.07) is 27.9. The number of hydrogen-bond donors (Lipinski definition) is 0. The minimum atomic E-state index is 0.701. The van der Waals surface area contributed by atoms with E-state index in [9.17, 15) is 0 Å². The molecule has 3 rings (SSSR count). The first kappa shape index (κ1) is 19.9. The standard InChI is InChI=1S/C27H29N/c1-2-3-4-5-6-22-7-9-23(10-8-22)11-12-24-13-17-26(18-14-24)27-19-15-25(21-28)16-20-27/h7-10,13-20H,2-6,11-12H2,1H3. The number of benzene rings is 3. The first-order valence-electron chi connectivity index (χ1n) is 10.5. The van der Waals surface area contributed by atoms with Gasteiger partial charge in [-0.25, -0.2) is 0 Å². The molecular weight excluding hydrogens is 338 g/mol. The molecule has 0 aliphatic carbocycles. The van der Waals surface area contributed by atoms with Crippen molar-refractivity contribution in [3.05, 3.63) is 95.1 Å². The summed E-state index contributed by atoms with van der Waals surface area (Å²) in [5.74, 6) is 0. The zero-order chi connectivity index (χ0) is 19.6. The summed E-state index contributed by atoms with van der Waals surface area (Å²) in [5.41, 5.74) is 7.29. The first-order valence-corrected chi connectivity index (χ1v) is 10.5. The number of rotatable bonds is 9. The molecule has 3 aromatic carbocycles. The van der Waals surface area contributed by atoms with Crippen LogP contribution in [-0.4, -0.2) is 0 Å². The van der Waals surface area contributed by atoms with E-state index in [-0.39, 0.29) is 0 Å². The molecule has 0 fully saturated rings. The second kappa shape index (κ2) is 10.5. The molecule has 0 spiro atoms. The van der Waals surface area contributed by atoms with Gasteiger partial charge in [-0.05, 0) is 65.6 Å². The molecule has 0 unspecified atom stereocenters. The average molecular weight is 368 g/mol. The predicted octanol–water partition coefficient (Wildman–Crippen LogP) is 7.13. The lowest BCUT2D eigenvalue weighted by atomic mass is 9.99. The molecule has 3 aromatic rings. The van der Waals surface area contributed by atoms with Crippen LogP contribution < -0.4 is 0 Å². The lowest BCUT2D eigenvalue weighted by Crippen LogP contribution is -1.93. The zero-order valence-electron chi connectivity index (χ0n) is 16.8. The number of nitriles is 1. The van der Waals surface area contributed by atoms with E-state index in [1.165, 1.54) is 54.4 Å². The van der Waals surface area contributed by atoms with Crippen LogP contribution in [0.4, 0.5) is 0 Å². The number of aryl methyl sites for hydroxylation is 3. The van der Waals surface area contributed by atoms with E-state index in [0.29, 0.717) is 5.56 Å². The summed E-state index contributed by atoms with van der Waals surface area (Å²) in [7, 11) is 0. The molecule has 0 amide bonds. The van der Waals surface area contributed by atoms with Crippen LogP contribution in [0.5, 0.6) is 0 Å². The van der Waals surface area contributed by atoms with Crippen molar-refractivity contribution in [3.8, 4) is 17.2 Å². The Hall–Kier alpha value is -2.85. The van der Waals surface area contributed by atoms with Crippen LogP contribution in [0.15, 0.2) is 72.8 Å². The lowest BCUT2D eigenvalue weighted by molar-refractivity contribution is 0.667. The molecule has 0 radical (unpaired) electrons. The van der Waals surface area contributed by atoms with Crippen molar-refractivity contribution in [3.63, 3.8) is 0 Å². The molecule has 0 heterocycles. The minimum absolute atomic E-state index is 0.701. The van der Waals surface area contributed by atoms with Gasteiger partial charge in [0.25, 0.3) is 0 Å². The Bertz CT molecular complexity index is 881. The van der Waals surface area contributed by atoms with Crippen LogP contribution in [0.2, 0.25) is 0 Å². The number of hydrogen-bond acceptors (Lipinski definition) is 1. The third kappa shape index (κ3) is 5.83. The minimum Gasteiger partial charge on any atom is -0.192 e. The fourth-order valence-electron chi connectivity index (χ4n) is 3.52. The zero-order valence-corrected chi connectivity index (χ0v) is 16.8. The fraction of sp³-hybridized carbons (Fsp3) is 0.296. The molecule has 0 aliphatic rings. The molecule has 142 valence electrons. The molecule has 0 aliphatic heterocycles. The second-order valence-corrected chi connectivity index (χ2v) is 7.51. The van der Waals surface area contributed by atoms with Gasteiger partial charge in [-0.3, -0.25) is 0 Å². The second-order valence-electron chi connectivity index (χ2n) is 7.51. The van der Waals surface area contributed by atoms with E-state index < -0.39 is 0 Å². The fourth-order valence-corrected chi connectivity index (χ4v) is 3.52. The molecule has 0 N–H and O–H groups in total. The van der Waals surface area contributed by atoms with E-state index in [0.717, 1.165) is 18.4 Å². The van der Waals surface area contributed by atoms with Gasteiger partial charge in [0, 0.05) is 0 Å². The highest BCUT2D eigenvalue weighted by Crippen LogP contribution is 2.21. The molecule has 28 heavy (non-hydrogen) atoms. The smallest absolute Gasteiger partial charge is 0.0991 e. The highest BCUT2D eigenvalue weighted by atomic mass is 14.2. The Morgan fingerprint density at radius 2 is 1.04 bits per heavy atom. The summed E-state index contributed by atoms with van der Waals surface area (Å²) in [6.45, 7) is 2.26. The Morgan fingerprint density at radius 1 is 0.571 bits per heavy atom. The topological polar surface area (TPSA) is 23.8 Å². The van der Waals surface area contributed by atoms with Gasteiger partial charge in [0.2, 0.25) is 0 Å². The van der Waals surface area contributed by atoms with Crippen LogP contribution in [0.25, 0.3) is 11.1 Å². The molecule has 1 heteroatoms. The third-order valence-corrected chi connectivity index (χ3v) is 5.35. The van der Waals surface area contributed by atoms with Crippen LogP contribution in [0, 0.1) is 11.3 Å². The molecule has 0 atom stereocenters. The normalized spacial score (nSPS) is 10.6. The van der Waals surface area contributed by atoms with Gasteiger partial charge in [0.05, 0.1) is 11.6 Å². The number of nitrogens with zero attached hydrogens (tertiary/aromatic N) is 1. The summed E-state index contributed by atoms with van der Waals surface area (Å²) in [6.07, 6.45) is 8.64. The van der Waals surface area contributed by atoms with Gasteiger partial charge >= 0.3 is 0 Å². The third-order valence-electron chi connectivity index (χ3n) is 5.35. The van der Waals surface area contributed by atoms with E-state index >= 15 is 0 Å². The van der Waals surface area contributed by atoms with Crippen molar-refractivity contribution in [1.82, 2.24) is 0 Å². The largest absolute Gasteiger partial charge is 0.192 e. The van der Waals surface area contributed by atoms with Crippen molar-refractivity contribution in [2.75, 3.05) is 0 Å². The highest BCUT2D eigenvalue weighted by molar-refractivity contribution is 5.64. The Kier molecular flexibility index (Phi) is 7.44. The molecule has 0 saturated heterocycles. The van der Waals surface area contributed by atoms with Crippen LogP contribution in [0.1, 0.15) is 54.9 Å². The van der Waals surface area contributed by atoms with Gasteiger partial charge in [0.15, 0.2) is 0 Å². The molecule has 0 saturated carbocycles. The van der Waals surface area contributed by atoms with Crippen LogP contribution in [0.3, 0.4) is 0 Å². The summed E-state index contributed by atoms with van der Waals surface area (Å²) < 4.78 is 0. The van der Waals surface area contributed by atoms with E-state index in [1.807, 2.05) is 24.3 Å². The maximum atomic E-state index is 8.91. The maximum absolute atomic E-state index is 8.91. The molecular formula is C27H29N. The maximum Gasteiger partial charge on any atom is 0.0991 e. The first-order chi connectivity index (χ1) is 13.8. The van der Waals surface area contributed by atoms with E-state index in [4.69, 9.17) is 5.26 Å². The van der Waals surface area contributed by atoms with Crippen molar-refractivity contribution < 1.29 is 0 Å². The summed E-state index contributed by atoms with van der Waals surface area (Å²) in [5, 5.41) is 8.91. The van der Waals surface area contributed by atoms with Gasteiger partial charge < -0.3 is 0 Å². The Morgan fingerprint density at radius 3 is 1.54 bits per heavy atom. The molecule has 0 aromatic heterocycles. The highest BCUT2D eigenvalue weighted by Gasteiger charge is 2.01. The quantitative estimate of drug-likeness (QED) is 0.369. The monoisotopic (exact) mass is 367 g/mol. The molecule has 0 bridgehead atoms. The van der Waals surface area contributed by atoms with Crippen molar-refractivity contribution in [2.45, 2.75) is 51.9 Å². The Labute approximate surface area is 169 Å². The van der Waals surface area contributed by atoms with Crippen LogP contribution >= 0.6 is 0 Å². The summed E-state index contributed by atoms with van der Waals surface area (Å²) in [4.78, 5) is 0. The Balaban J connectivity index is 1.51. The van der Waals surface area contributed by atoms with Gasteiger partial charge in [-0.2, -0.15) is 5.26 Å². The van der Waals surface area contributed by atoms with Gasteiger partial charge in [-0.1, -0.05) is 86.8 Å². The van der Waals surface area contributed by atoms with E-state index in [2.05, 4.69) is 61.5 Å². The van der Waals surface area contributed by atoms with Crippen molar-refractivity contribution in [2.24, 2.45) is 0 Å². The van der Waals surface area contributed by atoms with Crippen LogP contribution in [-0.2, 0) is 19.3 Å².